The molecule has 134 valence electrons. The molecule has 2 heterocycles. The van der Waals surface area contributed by atoms with Gasteiger partial charge in [-0.15, -0.1) is 0 Å². The molecule has 2 saturated heterocycles. The highest BCUT2D eigenvalue weighted by atomic mass is 35.5. The molecule has 2 fully saturated rings. The highest BCUT2D eigenvalue weighted by molar-refractivity contribution is 7.80. The van der Waals surface area contributed by atoms with E-state index in [1.54, 1.807) is 24.3 Å². The van der Waals surface area contributed by atoms with E-state index in [1.165, 1.54) is 0 Å². The van der Waals surface area contributed by atoms with Crippen molar-refractivity contribution in [3.8, 4) is 0 Å². The monoisotopic (exact) mass is 462 g/mol. The first-order chi connectivity index (χ1) is 12.4. The third kappa shape index (κ3) is 2.99. The number of fused-ring (bicyclic) bond motifs is 1. The van der Waals surface area contributed by atoms with Crippen molar-refractivity contribution in [2.45, 2.75) is 12.3 Å². The lowest BCUT2D eigenvalue weighted by Gasteiger charge is -2.27. The van der Waals surface area contributed by atoms with Crippen LogP contribution >= 0.6 is 70.8 Å². The van der Waals surface area contributed by atoms with Gasteiger partial charge in [0.05, 0.1) is 20.1 Å². The standard InChI is InChI=1S/C16H10Cl4N4S2/c17-9-3-1-7(5-11(9)19)13-21-15(25)24-14(22-16(26)23(13)24)8-2-4-10(18)12(20)6-8/h1-6,13-14H,(H,21,25)(H,22,26)/t13-,14-/m1/s1. The normalized spacial score (nSPS) is 21.7. The SMILES string of the molecule is S=C1N[C@@H](c2ccc(Cl)c(Cl)c2)N2C(=S)N[C@@H](c3ccc(Cl)c(Cl)c3)N12. The van der Waals surface area contributed by atoms with Gasteiger partial charge in [0, 0.05) is 0 Å². The molecule has 10 heteroatoms. The number of benzene rings is 2. The van der Waals surface area contributed by atoms with Crippen LogP contribution in [0.1, 0.15) is 23.5 Å². The number of hydrogen-bond donors (Lipinski definition) is 2. The molecule has 2 atom stereocenters. The highest BCUT2D eigenvalue weighted by Gasteiger charge is 2.47. The maximum absolute atomic E-state index is 6.16. The second kappa shape index (κ2) is 6.86. The summed E-state index contributed by atoms with van der Waals surface area (Å²) in [4.78, 5) is 0. The molecule has 0 bridgehead atoms. The van der Waals surface area contributed by atoms with Crippen LogP contribution in [-0.2, 0) is 0 Å². The second-order valence-electron chi connectivity index (χ2n) is 5.74. The summed E-state index contributed by atoms with van der Waals surface area (Å²) >= 11 is 35.4. The van der Waals surface area contributed by atoms with Gasteiger partial charge in [0.2, 0.25) is 0 Å². The number of nitrogens with one attached hydrogen (secondary N) is 2. The van der Waals surface area contributed by atoms with Crippen molar-refractivity contribution in [2.24, 2.45) is 0 Å². The first kappa shape index (κ1) is 18.3. The van der Waals surface area contributed by atoms with Crippen molar-refractivity contribution in [1.82, 2.24) is 20.7 Å². The molecule has 0 aromatic heterocycles. The van der Waals surface area contributed by atoms with Crippen LogP contribution in [0, 0.1) is 0 Å². The topological polar surface area (TPSA) is 30.5 Å². The van der Waals surface area contributed by atoms with Crippen molar-refractivity contribution < 1.29 is 0 Å². The molecule has 2 aliphatic heterocycles. The Morgan fingerprint density at radius 3 is 1.38 bits per heavy atom. The van der Waals surface area contributed by atoms with Crippen molar-refractivity contribution in [3.63, 3.8) is 0 Å². The Labute approximate surface area is 180 Å². The van der Waals surface area contributed by atoms with Crippen molar-refractivity contribution in [3.05, 3.63) is 67.6 Å². The zero-order valence-electron chi connectivity index (χ0n) is 12.8. The summed E-state index contributed by atoms with van der Waals surface area (Å²) in [5.74, 6) is 0. The number of halogens is 4. The van der Waals surface area contributed by atoms with Gasteiger partial charge >= 0.3 is 0 Å². The number of hydrogen-bond acceptors (Lipinski definition) is 2. The van der Waals surface area contributed by atoms with Gasteiger partial charge in [0.15, 0.2) is 10.2 Å². The van der Waals surface area contributed by atoms with E-state index < -0.39 is 0 Å². The van der Waals surface area contributed by atoms with Crippen molar-refractivity contribution in [2.75, 3.05) is 0 Å². The Hall–Kier alpha value is -1.02. The molecule has 0 amide bonds. The lowest BCUT2D eigenvalue weighted by molar-refractivity contribution is 0.114. The minimum absolute atomic E-state index is 0.287. The van der Waals surface area contributed by atoms with E-state index in [0.29, 0.717) is 30.3 Å². The number of hydrazine groups is 1. The molecular formula is C16H10Cl4N4S2. The van der Waals surface area contributed by atoms with Gasteiger partial charge in [-0.05, 0) is 59.8 Å². The van der Waals surface area contributed by atoms with Gasteiger partial charge in [-0.3, -0.25) is 0 Å². The average Bonchev–Trinajstić information content (AvgIpc) is 3.12. The van der Waals surface area contributed by atoms with Crippen LogP contribution in [0.3, 0.4) is 0 Å². The van der Waals surface area contributed by atoms with Crippen LogP contribution in [0.15, 0.2) is 36.4 Å². The van der Waals surface area contributed by atoms with E-state index in [-0.39, 0.29) is 12.3 Å². The Morgan fingerprint density at radius 1 is 0.654 bits per heavy atom. The predicted octanol–water partition coefficient (Wildman–Crippen LogP) is 5.29. The maximum Gasteiger partial charge on any atom is 0.192 e. The molecule has 2 aromatic rings. The van der Waals surface area contributed by atoms with E-state index in [0.717, 1.165) is 11.1 Å². The molecule has 0 unspecified atom stereocenters. The van der Waals surface area contributed by atoms with Gasteiger partial charge in [-0.1, -0.05) is 58.5 Å². The summed E-state index contributed by atoms with van der Waals surface area (Å²) in [6, 6.07) is 10.8. The fourth-order valence-corrected chi connectivity index (χ4v) is 4.20. The van der Waals surface area contributed by atoms with Gasteiger partial charge in [0.1, 0.15) is 12.3 Å². The van der Waals surface area contributed by atoms with E-state index in [9.17, 15) is 0 Å². The van der Waals surface area contributed by atoms with Crippen LogP contribution < -0.4 is 10.6 Å². The maximum atomic E-state index is 6.16. The quantitative estimate of drug-likeness (QED) is 0.588. The molecule has 0 spiro atoms. The Balaban J connectivity index is 1.71. The van der Waals surface area contributed by atoms with Gasteiger partial charge in [0.25, 0.3) is 0 Å². The van der Waals surface area contributed by atoms with E-state index in [1.807, 2.05) is 22.2 Å². The fourth-order valence-electron chi connectivity index (χ4n) is 2.98. The summed E-state index contributed by atoms with van der Waals surface area (Å²) in [5.41, 5.74) is 1.78. The largest absolute Gasteiger partial charge is 0.336 e. The molecule has 2 aliphatic rings. The Bertz CT molecular complexity index is 863. The lowest BCUT2D eigenvalue weighted by atomic mass is 10.1. The molecular weight excluding hydrogens is 454 g/mol. The van der Waals surface area contributed by atoms with E-state index >= 15 is 0 Å². The van der Waals surface area contributed by atoms with Crippen molar-refractivity contribution in [1.29, 1.82) is 0 Å². The summed E-state index contributed by atoms with van der Waals surface area (Å²) in [7, 11) is 0. The Morgan fingerprint density at radius 2 is 1.04 bits per heavy atom. The lowest BCUT2D eigenvalue weighted by Crippen LogP contribution is -2.36. The summed E-state index contributed by atoms with van der Waals surface area (Å²) in [6.45, 7) is 0. The third-order valence-corrected chi connectivity index (χ3v) is 6.26. The van der Waals surface area contributed by atoms with Gasteiger partial charge in [-0.25, -0.2) is 10.0 Å². The number of thiocarbonyl (C=S) groups is 2. The molecule has 0 saturated carbocycles. The molecule has 2 N–H and O–H groups in total. The molecule has 26 heavy (non-hydrogen) atoms. The number of nitrogens with zero attached hydrogens (tertiary/aromatic N) is 2. The zero-order valence-corrected chi connectivity index (χ0v) is 17.5. The molecule has 2 aromatic carbocycles. The zero-order chi connectivity index (χ0) is 18.6. The summed E-state index contributed by atoms with van der Waals surface area (Å²) < 4.78 is 0. The predicted molar refractivity (Wildman–Crippen MR) is 114 cm³/mol. The fraction of sp³-hybridized carbons (Fsp3) is 0.125. The number of rotatable bonds is 2. The highest BCUT2D eigenvalue weighted by Crippen LogP contribution is 2.39. The van der Waals surface area contributed by atoms with Gasteiger partial charge < -0.3 is 10.6 Å². The first-order valence-corrected chi connectivity index (χ1v) is 9.79. The van der Waals surface area contributed by atoms with Crippen LogP contribution in [0.4, 0.5) is 0 Å². The molecule has 4 nitrogen and oxygen atoms in total. The van der Waals surface area contributed by atoms with E-state index in [2.05, 4.69) is 10.6 Å². The molecule has 0 aliphatic carbocycles. The third-order valence-electron chi connectivity index (χ3n) is 4.18. The minimum atomic E-state index is -0.287. The average molecular weight is 464 g/mol. The minimum Gasteiger partial charge on any atom is -0.336 e. The molecule has 0 radical (unpaired) electrons. The first-order valence-electron chi connectivity index (χ1n) is 7.46. The summed E-state index contributed by atoms with van der Waals surface area (Å²) in [6.07, 6.45) is -0.574. The second-order valence-corrected chi connectivity index (χ2v) is 8.14. The van der Waals surface area contributed by atoms with Crippen LogP contribution in [0.25, 0.3) is 0 Å². The summed E-state index contributed by atoms with van der Waals surface area (Å²) in [5, 5.41) is 13.3. The van der Waals surface area contributed by atoms with Gasteiger partial charge in [-0.2, -0.15) is 0 Å². The van der Waals surface area contributed by atoms with E-state index in [4.69, 9.17) is 70.8 Å². The smallest absolute Gasteiger partial charge is 0.192 e. The van der Waals surface area contributed by atoms with Crippen molar-refractivity contribution >= 4 is 81.1 Å². The van der Waals surface area contributed by atoms with Crippen LogP contribution in [0.2, 0.25) is 20.1 Å². The van der Waals surface area contributed by atoms with Crippen LogP contribution in [0.5, 0.6) is 0 Å². The molecule has 4 rings (SSSR count). The Kier molecular flexibility index (Phi) is 4.84. The van der Waals surface area contributed by atoms with Crippen LogP contribution in [-0.4, -0.2) is 20.2 Å².